The molecule has 1 aliphatic heterocycles. The van der Waals surface area contributed by atoms with Gasteiger partial charge in [0.2, 0.25) is 0 Å². The Morgan fingerprint density at radius 3 is 2.82 bits per heavy atom. The second-order valence-corrected chi connectivity index (χ2v) is 5.13. The number of nitrogens with two attached hydrogens (primary N) is 1. The van der Waals surface area contributed by atoms with Gasteiger partial charge in [-0.1, -0.05) is 11.6 Å². The molecule has 2 aromatic rings. The number of rotatable bonds is 4. The molecule has 1 aromatic heterocycles. The standard InChI is InChI=1S/C15H14ClN3O3/c16-10-1-3-11(4-2-10)21-8-7-19-14(20)9-22-12-5-6-13(17)18-15(12)19/h1-6H,7-9H2,(H2,17,18). The summed E-state index contributed by atoms with van der Waals surface area (Å²) in [4.78, 5) is 17.7. The summed E-state index contributed by atoms with van der Waals surface area (Å²) >= 11 is 5.82. The molecular formula is C15H14ClN3O3. The van der Waals surface area contributed by atoms with Crippen LogP contribution >= 0.6 is 11.6 Å². The third-order valence-corrected chi connectivity index (χ3v) is 3.42. The van der Waals surface area contributed by atoms with Crippen molar-refractivity contribution < 1.29 is 14.3 Å². The van der Waals surface area contributed by atoms with E-state index in [0.29, 0.717) is 41.3 Å². The van der Waals surface area contributed by atoms with Crippen molar-refractivity contribution in [3.63, 3.8) is 0 Å². The summed E-state index contributed by atoms with van der Waals surface area (Å²) in [5.74, 6) is 1.81. The van der Waals surface area contributed by atoms with Gasteiger partial charge < -0.3 is 15.2 Å². The molecule has 0 unspecified atom stereocenters. The van der Waals surface area contributed by atoms with Crippen molar-refractivity contribution in [1.82, 2.24) is 4.98 Å². The minimum Gasteiger partial charge on any atom is -0.492 e. The summed E-state index contributed by atoms with van der Waals surface area (Å²) in [5, 5.41) is 0.643. The smallest absolute Gasteiger partial charge is 0.266 e. The van der Waals surface area contributed by atoms with Crippen LogP contribution in [0.5, 0.6) is 11.5 Å². The molecule has 0 saturated carbocycles. The molecule has 0 atom stereocenters. The van der Waals surface area contributed by atoms with E-state index in [1.165, 1.54) is 4.90 Å². The van der Waals surface area contributed by atoms with Crippen LogP contribution in [0.2, 0.25) is 5.02 Å². The topological polar surface area (TPSA) is 77.7 Å². The quantitative estimate of drug-likeness (QED) is 0.934. The molecule has 22 heavy (non-hydrogen) atoms. The number of nitrogen functional groups attached to an aromatic ring is 1. The Morgan fingerprint density at radius 1 is 1.27 bits per heavy atom. The van der Waals surface area contributed by atoms with Crippen LogP contribution in [0.15, 0.2) is 36.4 Å². The van der Waals surface area contributed by atoms with Crippen molar-refractivity contribution in [2.75, 3.05) is 30.4 Å². The van der Waals surface area contributed by atoms with Gasteiger partial charge in [-0.3, -0.25) is 9.69 Å². The van der Waals surface area contributed by atoms with Gasteiger partial charge in [-0.25, -0.2) is 4.98 Å². The monoisotopic (exact) mass is 319 g/mol. The molecule has 0 radical (unpaired) electrons. The third-order valence-electron chi connectivity index (χ3n) is 3.17. The minimum absolute atomic E-state index is 0.0143. The van der Waals surface area contributed by atoms with Gasteiger partial charge in [0.1, 0.15) is 18.2 Å². The van der Waals surface area contributed by atoms with E-state index in [0.717, 1.165) is 0 Å². The fraction of sp³-hybridized carbons (Fsp3) is 0.200. The van der Waals surface area contributed by atoms with Crippen molar-refractivity contribution in [2.45, 2.75) is 0 Å². The van der Waals surface area contributed by atoms with Crippen molar-refractivity contribution in [1.29, 1.82) is 0 Å². The van der Waals surface area contributed by atoms with Crippen molar-refractivity contribution in [3.8, 4) is 11.5 Å². The predicted molar refractivity (Wildman–Crippen MR) is 83.4 cm³/mol. The van der Waals surface area contributed by atoms with Crippen LogP contribution in [0.25, 0.3) is 0 Å². The van der Waals surface area contributed by atoms with Crippen molar-refractivity contribution in [2.24, 2.45) is 0 Å². The highest BCUT2D eigenvalue weighted by Crippen LogP contribution is 2.30. The highest BCUT2D eigenvalue weighted by Gasteiger charge is 2.26. The van der Waals surface area contributed by atoms with E-state index in [-0.39, 0.29) is 12.5 Å². The van der Waals surface area contributed by atoms with Crippen molar-refractivity contribution >= 4 is 29.1 Å². The maximum Gasteiger partial charge on any atom is 0.266 e. The zero-order valence-electron chi connectivity index (χ0n) is 11.7. The van der Waals surface area contributed by atoms with Crippen molar-refractivity contribution in [3.05, 3.63) is 41.4 Å². The molecule has 0 spiro atoms. The molecular weight excluding hydrogens is 306 g/mol. The molecule has 2 heterocycles. The number of anilines is 2. The number of aromatic nitrogens is 1. The first-order valence-electron chi connectivity index (χ1n) is 6.71. The average Bonchev–Trinajstić information content (AvgIpc) is 2.51. The number of fused-ring (bicyclic) bond motifs is 1. The summed E-state index contributed by atoms with van der Waals surface area (Å²) in [6.45, 7) is 0.664. The lowest BCUT2D eigenvalue weighted by atomic mass is 10.3. The highest BCUT2D eigenvalue weighted by molar-refractivity contribution is 6.30. The molecule has 0 bridgehead atoms. The summed E-state index contributed by atoms with van der Waals surface area (Å²) < 4.78 is 10.9. The van der Waals surface area contributed by atoms with Crippen LogP contribution in [0, 0.1) is 0 Å². The Hall–Kier alpha value is -2.47. The lowest BCUT2D eigenvalue weighted by Crippen LogP contribution is -2.41. The molecule has 114 valence electrons. The van der Waals surface area contributed by atoms with Gasteiger partial charge in [-0.15, -0.1) is 0 Å². The maximum absolute atomic E-state index is 12.0. The molecule has 0 saturated heterocycles. The number of ether oxygens (including phenoxy) is 2. The van der Waals surface area contributed by atoms with Gasteiger partial charge in [-0.05, 0) is 36.4 Å². The molecule has 1 aromatic carbocycles. The second-order valence-electron chi connectivity index (χ2n) is 4.69. The number of nitrogens with zero attached hydrogens (tertiary/aromatic N) is 2. The Balaban J connectivity index is 1.68. The van der Waals surface area contributed by atoms with Gasteiger partial charge in [0, 0.05) is 5.02 Å². The molecule has 7 heteroatoms. The van der Waals surface area contributed by atoms with Gasteiger partial charge in [0.05, 0.1) is 6.54 Å². The van der Waals surface area contributed by atoms with Gasteiger partial charge in [0.15, 0.2) is 18.2 Å². The van der Waals surface area contributed by atoms with Gasteiger partial charge in [-0.2, -0.15) is 0 Å². The fourth-order valence-corrected chi connectivity index (χ4v) is 2.23. The van der Waals surface area contributed by atoms with Gasteiger partial charge in [0.25, 0.3) is 5.91 Å². The summed E-state index contributed by atoms with van der Waals surface area (Å²) in [6, 6.07) is 10.4. The van der Waals surface area contributed by atoms with E-state index in [4.69, 9.17) is 26.8 Å². The van der Waals surface area contributed by atoms with Crippen LogP contribution in [0.1, 0.15) is 0 Å². The fourth-order valence-electron chi connectivity index (χ4n) is 2.11. The number of carbonyl (C=O) groups excluding carboxylic acids is 1. The lowest BCUT2D eigenvalue weighted by molar-refractivity contribution is -0.121. The summed E-state index contributed by atoms with van der Waals surface area (Å²) in [7, 11) is 0. The Morgan fingerprint density at radius 2 is 2.05 bits per heavy atom. The van der Waals surface area contributed by atoms with E-state index in [9.17, 15) is 4.79 Å². The first-order chi connectivity index (χ1) is 10.6. The van der Waals surface area contributed by atoms with Gasteiger partial charge >= 0.3 is 0 Å². The molecule has 0 fully saturated rings. The summed E-state index contributed by atoms with van der Waals surface area (Å²) in [5.41, 5.74) is 5.68. The number of hydrogen-bond acceptors (Lipinski definition) is 5. The molecule has 2 N–H and O–H groups in total. The molecule has 1 aliphatic rings. The normalized spacial score (nSPS) is 13.5. The lowest BCUT2D eigenvalue weighted by Gasteiger charge is -2.28. The Bertz CT molecular complexity index is 691. The van der Waals surface area contributed by atoms with Crippen LogP contribution in [-0.4, -0.2) is 30.6 Å². The summed E-state index contributed by atoms with van der Waals surface area (Å²) in [6.07, 6.45) is 0. The first kappa shape index (κ1) is 14.5. The highest BCUT2D eigenvalue weighted by atomic mass is 35.5. The third kappa shape index (κ3) is 3.07. The molecule has 3 rings (SSSR count). The number of amides is 1. The van der Waals surface area contributed by atoms with E-state index in [2.05, 4.69) is 4.98 Å². The zero-order valence-corrected chi connectivity index (χ0v) is 12.4. The Kier molecular flexibility index (Phi) is 4.02. The number of carbonyl (C=O) groups is 1. The zero-order chi connectivity index (χ0) is 15.5. The predicted octanol–water partition coefficient (Wildman–Crippen LogP) is 2.12. The molecule has 1 amide bonds. The van der Waals surface area contributed by atoms with Crippen LogP contribution in [0.4, 0.5) is 11.6 Å². The molecule has 6 nitrogen and oxygen atoms in total. The SMILES string of the molecule is Nc1ccc2c(n1)N(CCOc1ccc(Cl)cc1)C(=O)CO2. The number of halogens is 1. The minimum atomic E-state index is -0.176. The number of benzene rings is 1. The van der Waals surface area contributed by atoms with E-state index in [1.54, 1.807) is 36.4 Å². The first-order valence-corrected chi connectivity index (χ1v) is 7.09. The second kappa shape index (κ2) is 6.11. The van der Waals surface area contributed by atoms with E-state index in [1.807, 2.05) is 0 Å². The van der Waals surface area contributed by atoms with Crippen LogP contribution < -0.4 is 20.1 Å². The largest absolute Gasteiger partial charge is 0.492 e. The van der Waals surface area contributed by atoms with Crippen LogP contribution in [0.3, 0.4) is 0 Å². The van der Waals surface area contributed by atoms with E-state index >= 15 is 0 Å². The van der Waals surface area contributed by atoms with Crippen LogP contribution in [-0.2, 0) is 4.79 Å². The number of pyridine rings is 1. The Labute approximate surface area is 132 Å². The van der Waals surface area contributed by atoms with E-state index < -0.39 is 0 Å². The number of hydrogen-bond donors (Lipinski definition) is 1. The maximum atomic E-state index is 12.0. The average molecular weight is 320 g/mol. The molecule has 0 aliphatic carbocycles.